The Morgan fingerprint density at radius 1 is 1.00 bits per heavy atom. The van der Waals surface area contributed by atoms with Crippen LogP contribution in [0.25, 0.3) is 10.2 Å². The molecule has 1 fully saturated rings. The number of thiazole rings is 1. The van der Waals surface area contributed by atoms with Crippen molar-refractivity contribution in [2.75, 3.05) is 31.7 Å². The summed E-state index contributed by atoms with van der Waals surface area (Å²) >= 11 is 0.943. The molecule has 18 heteroatoms. The quantitative estimate of drug-likeness (QED) is 0.233. The summed E-state index contributed by atoms with van der Waals surface area (Å²) in [5, 5.41) is 2.16. The molecule has 4 heterocycles. The lowest BCUT2D eigenvalue weighted by atomic mass is 10.2. The van der Waals surface area contributed by atoms with Crippen LogP contribution in [0, 0.1) is 0 Å². The first-order valence-electron chi connectivity index (χ1n) is 12.8. The van der Waals surface area contributed by atoms with Crippen molar-refractivity contribution in [1.82, 2.24) is 23.7 Å². The van der Waals surface area contributed by atoms with Gasteiger partial charge in [0, 0.05) is 12.7 Å². The second kappa shape index (κ2) is 11.4. The van der Waals surface area contributed by atoms with E-state index in [1.54, 1.807) is 24.3 Å². The Balaban J connectivity index is 1.04. The zero-order valence-corrected chi connectivity index (χ0v) is 24.0. The molecule has 16 nitrogen and oxygen atoms in total. The third kappa shape index (κ3) is 5.66. The SMILES string of the molecule is O=C(Nc1ccn(CC(=O)N2CCN(S(=O)(=O)c3nc4ccccc4s3)C(=O)C2)c(=O)n1)OC(=O)c1ccc2c(c1)OCO2. The normalized spacial score (nSPS) is 14.5. The van der Waals surface area contributed by atoms with Crippen LogP contribution in [0.5, 0.6) is 11.5 Å². The molecule has 3 amide bonds. The van der Waals surface area contributed by atoms with Crippen LogP contribution in [0.1, 0.15) is 10.4 Å². The molecule has 6 rings (SSSR count). The summed E-state index contributed by atoms with van der Waals surface area (Å²) in [5.41, 5.74) is -0.397. The molecule has 2 aromatic carbocycles. The molecular formula is C26H20N6O10S2. The van der Waals surface area contributed by atoms with Crippen LogP contribution in [0.4, 0.5) is 10.6 Å². The number of piperazine rings is 1. The van der Waals surface area contributed by atoms with Crippen molar-refractivity contribution >= 4 is 61.3 Å². The van der Waals surface area contributed by atoms with Crippen LogP contribution in [0.2, 0.25) is 0 Å². The van der Waals surface area contributed by atoms with Crippen molar-refractivity contribution in [3.8, 4) is 11.5 Å². The Hall–Kier alpha value is -5.36. The van der Waals surface area contributed by atoms with E-state index in [1.165, 1.54) is 30.5 Å². The minimum absolute atomic E-state index is 0.00200. The standard InChI is InChI=1S/C26H20N6O10S2/c33-21(30-9-10-32(22(34)13-30)44(38,39)26-27-16-3-1-2-4-19(16)43-26)12-31-8-7-20(28-24(31)36)29-25(37)42-23(35)15-5-6-17-18(11-15)41-14-40-17/h1-8,11H,9-10,12-14H2,(H,28,29,36,37). The van der Waals surface area contributed by atoms with Crippen molar-refractivity contribution in [3.05, 3.63) is 70.8 Å². The van der Waals surface area contributed by atoms with E-state index in [9.17, 15) is 32.4 Å². The molecule has 0 atom stereocenters. The predicted molar refractivity (Wildman–Crippen MR) is 151 cm³/mol. The summed E-state index contributed by atoms with van der Waals surface area (Å²) in [5.74, 6) is -1.92. The molecular weight excluding hydrogens is 620 g/mol. The second-order valence-electron chi connectivity index (χ2n) is 9.33. The van der Waals surface area contributed by atoms with Gasteiger partial charge in [0.15, 0.2) is 11.5 Å². The lowest BCUT2D eigenvalue weighted by molar-refractivity contribution is -0.142. The van der Waals surface area contributed by atoms with Gasteiger partial charge >= 0.3 is 17.8 Å². The van der Waals surface area contributed by atoms with Gasteiger partial charge in [-0.15, -0.1) is 11.3 Å². The monoisotopic (exact) mass is 640 g/mol. The van der Waals surface area contributed by atoms with Crippen LogP contribution >= 0.6 is 11.3 Å². The molecule has 0 radical (unpaired) electrons. The minimum atomic E-state index is -4.22. The van der Waals surface area contributed by atoms with Crippen LogP contribution in [-0.2, 0) is 30.9 Å². The highest BCUT2D eigenvalue weighted by Crippen LogP contribution is 2.32. The molecule has 0 saturated carbocycles. The van der Waals surface area contributed by atoms with Crippen molar-refractivity contribution in [3.63, 3.8) is 0 Å². The summed E-state index contributed by atoms with van der Waals surface area (Å²) in [6.07, 6.45) is -0.0244. The predicted octanol–water partition coefficient (Wildman–Crippen LogP) is 1.03. The maximum atomic E-state index is 13.1. The third-order valence-corrected chi connectivity index (χ3v) is 9.73. The highest BCUT2D eigenvalue weighted by atomic mass is 32.2. The van der Waals surface area contributed by atoms with Gasteiger partial charge in [0.25, 0.3) is 15.9 Å². The number of ether oxygens (including phenoxy) is 3. The van der Waals surface area contributed by atoms with Crippen molar-refractivity contribution in [2.45, 2.75) is 10.9 Å². The number of nitrogens with zero attached hydrogens (tertiary/aromatic N) is 5. The number of anilines is 1. The number of carbonyl (C=O) groups is 4. The van der Waals surface area contributed by atoms with E-state index >= 15 is 0 Å². The van der Waals surface area contributed by atoms with Crippen molar-refractivity contribution in [1.29, 1.82) is 0 Å². The number of para-hydroxylation sites is 1. The average Bonchev–Trinajstić information content (AvgIpc) is 3.65. The van der Waals surface area contributed by atoms with E-state index in [2.05, 4.69) is 15.3 Å². The summed E-state index contributed by atoms with van der Waals surface area (Å²) in [7, 11) is -4.22. The number of hydrogen-bond acceptors (Lipinski definition) is 13. The first-order valence-corrected chi connectivity index (χ1v) is 15.0. The fourth-order valence-electron chi connectivity index (χ4n) is 4.34. The number of nitrogens with one attached hydrogen (secondary N) is 1. The molecule has 226 valence electrons. The van der Waals surface area contributed by atoms with E-state index in [0.29, 0.717) is 26.0 Å². The maximum Gasteiger partial charge on any atom is 0.420 e. The van der Waals surface area contributed by atoms with Crippen LogP contribution in [-0.4, -0.2) is 82.5 Å². The molecule has 0 unspecified atom stereocenters. The van der Waals surface area contributed by atoms with Crippen LogP contribution in [0.15, 0.2) is 63.9 Å². The van der Waals surface area contributed by atoms with Crippen molar-refractivity contribution < 1.29 is 41.8 Å². The van der Waals surface area contributed by atoms with Crippen LogP contribution in [0.3, 0.4) is 0 Å². The third-order valence-electron chi connectivity index (χ3n) is 6.52. The van der Waals surface area contributed by atoms with Gasteiger partial charge in [-0.3, -0.25) is 19.5 Å². The van der Waals surface area contributed by atoms with Gasteiger partial charge in [-0.1, -0.05) is 12.1 Å². The number of esters is 1. The van der Waals surface area contributed by atoms with Crippen molar-refractivity contribution in [2.24, 2.45) is 0 Å². The highest BCUT2D eigenvalue weighted by Gasteiger charge is 2.37. The zero-order valence-electron chi connectivity index (χ0n) is 22.4. The molecule has 2 aliphatic heterocycles. The number of aromatic nitrogens is 3. The molecule has 4 aromatic rings. The van der Waals surface area contributed by atoms with Gasteiger partial charge in [0.05, 0.1) is 22.3 Å². The number of benzene rings is 2. The van der Waals surface area contributed by atoms with E-state index in [-0.39, 0.29) is 35.6 Å². The Morgan fingerprint density at radius 3 is 2.57 bits per heavy atom. The van der Waals surface area contributed by atoms with Gasteiger partial charge < -0.3 is 19.1 Å². The largest absolute Gasteiger partial charge is 0.454 e. The molecule has 0 bridgehead atoms. The molecule has 1 saturated heterocycles. The van der Waals surface area contributed by atoms with Gasteiger partial charge in [-0.05, 0) is 36.4 Å². The van der Waals surface area contributed by atoms with Gasteiger partial charge in [0.1, 0.15) is 18.9 Å². The van der Waals surface area contributed by atoms with Crippen LogP contribution < -0.4 is 20.5 Å². The topological polar surface area (TPSA) is 196 Å². The van der Waals surface area contributed by atoms with E-state index in [0.717, 1.165) is 20.8 Å². The molecule has 1 N–H and O–H groups in total. The lowest BCUT2D eigenvalue weighted by Gasteiger charge is -2.33. The Kier molecular flexibility index (Phi) is 7.43. The first-order chi connectivity index (χ1) is 21.1. The van der Waals surface area contributed by atoms with Gasteiger partial charge in [0.2, 0.25) is 17.0 Å². The number of hydrogen-bond donors (Lipinski definition) is 1. The minimum Gasteiger partial charge on any atom is -0.454 e. The summed E-state index contributed by atoms with van der Waals surface area (Å²) in [6, 6.07) is 12.3. The number of sulfonamides is 1. The zero-order chi connectivity index (χ0) is 31.0. The summed E-state index contributed by atoms with van der Waals surface area (Å²) in [6.45, 7) is -1.40. The lowest BCUT2D eigenvalue weighted by Crippen LogP contribution is -2.54. The summed E-state index contributed by atoms with van der Waals surface area (Å²) < 4.78 is 43.3. The van der Waals surface area contributed by atoms with Gasteiger partial charge in [-0.2, -0.15) is 13.4 Å². The van der Waals surface area contributed by atoms with E-state index < -0.39 is 52.7 Å². The Labute approximate surface area is 251 Å². The molecule has 2 aromatic heterocycles. The van der Waals surface area contributed by atoms with E-state index in [1.807, 2.05) is 0 Å². The molecule has 2 aliphatic rings. The number of rotatable bonds is 6. The Bertz CT molecular complexity index is 1970. The average molecular weight is 641 g/mol. The fourth-order valence-corrected chi connectivity index (χ4v) is 7.05. The number of carbonyl (C=O) groups excluding carboxylic acids is 4. The highest BCUT2D eigenvalue weighted by molar-refractivity contribution is 7.91. The smallest absolute Gasteiger partial charge is 0.420 e. The molecule has 44 heavy (non-hydrogen) atoms. The first kappa shape index (κ1) is 28.7. The molecule has 0 aliphatic carbocycles. The summed E-state index contributed by atoms with van der Waals surface area (Å²) in [4.78, 5) is 71.5. The van der Waals surface area contributed by atoms with Gasteiger partial charge in [-0.25, -0.2) is 23.7 Å². The number of amides is 3. The number of fused-ring (bicyclic) bond motifs is 2. The second-order valence-corrected chi connectivity index (χ2v) is 12.4. The Morgan fingerprint density at radius 2 is 1.80 bits per heavy atom. The fraction of sp³-hybridized carbons (Fsp3) is 0.192. The maximum absolute atomic E-state index is 13.1. The molecule has 0 spiro atoms. The van der Waals surface area contributed by atoms with E-state index in [4.69, 9.17) is 14.2 Å².